The average Bonchev–Trinajstić information content (AvgIpc) is 2.40. The van der Waals surface area contributed by atoms with Crippen molar-refractivity contribution in [3.8, 4) is 0 Å². The quantitative estimate of drug-likeness (QED) is 0.722. The van der Waals surface area contributed by atoms with Crippen LogP contribution in [0.2, 0.25) is 0 Å². The molecule has 0 bridgehead atoms. The molecule has 0 fully saturated rings. The van der Waals surface area contributed by atoms with Gasteiger partial charge in [0, 0.05) is 6.07 Å². The van der Waals surface area contributed by atoms with Gasteiger partial charge >= 0.3 is 0 Å². The van der Waals surface area contributed by atoms with E-state index in [1.165, 1.54) is 0 Å². The van der Waals surface area contributed by atoms with Gasteiger partial charge in [0.15, 0.2) is 0 Å². The minimum absolute atomic E-state index is 0.171. The number of carbonyl (C=O) groups excluding carboxylic acids is 1. The Hall–Kier alpha value is -2.59. The number of carbonyl (C=O) groups is 1. The predicted octanol–water partition coefficient (Wildman–Crippen LogP) is -0.191. The fourth-order valence-electron chi connectivity index (χ4n) is 1.43. The molecule has 0 spiro atoms. The zero-order valence-electron chi connectivity index (χ0n) is 10.3. The molecular formula is C11H9FN4O4S. The monoisotopic (exact) mass is 312 g/mol. The van der Waals surface area contributed by atoms with E-state index in [1.807, 2.05) is 5.10 Å². The molecule has 1 aromatic carbocycles. The maximum absolute atomic E-state index is 13.6. The van der Waals surface area contributed by atoms with Crippen molar-refractivity contribution in [1.29, 1.82) is 0 Å². The first-order valence-corrected chi connectivity index (χ1v) is 7.01. The second kappa shape index (κ2) is 5.42. The van der Waals surface area contributed by atoms with Crippen molar-refractivity contribution in [2.75, 3.05) is 5.32 Å². The molecule has 0 radical (unpaired) electrons. The summed E-state index contributed by atoms with van der Waals surface area (Å²) < 4.78 is 35.9. The van der Waals surface area contributed by atoms with E-state index in [4.69, 9.17) is 5.14 Å². The van der Waals surface area contributed by atoms with Crippen molar-refractivity contribution < 1.29 is 17.6 Å². The topological polar surface area (TPSA) is 135 Å². The molecule has 1 aromatic heterocycles. The summed E-state index contributed by atoms with van der Waals surface area (Å²) in [5.74, 6) is -1.67. The Morgan fingerprint density at radius 1 is 1.29 bits per heavy atom. The largest absolute Gasteiger partial charge is 0.318 e. The summed E-state index contributed by atoms with van der Waals surface area (Å²) in [6, 6.07) is 4.91. The maximum atomic E-state index is 13.6. The molecule has 2 rings (SSSR count). The van der Waals surface area contributed by atoms with Crippen LogP contribution >= 0.6 is 0 Å². The molecule has 1 amide bonds. The molecule has 4 N–H and O–H groups in total. The van der Waals surface area contributed by atoms with Crippen LogP contribution < -0.4 is 16.0 Å². The first-order valence-electron chi connectivity index (χ1n) is 5.47. The number of hydrogen-bond donors (Lipinski definition) is 3. The van der Waals surface area contributed by atoms with E-state index in [9.17, 15) is 22.4 Å². The Bertz CT molecular complexity index is 842. The first-order chi connectivity index (χ1) is 9.77. The van der Waals surface area contributed by atoms with E-state index in [0.29, 0.717) is 0 Å². The van der Waals surface area contributed by atoms with Gasteiger partial charge in [-0.05, 0) is 24.3 Å². The van der Waals surface area contributed by atoms with Crippen LogP contribution in [0.5, 0.6) is 0 Å². The number of rotatable bonds is 3. The third-order valence-corrected chi connectivity index (χ3v) is 3.34. The van der Waals surface area contributed by atoms with Crippen LogP contribution in [-0.4, -0.2) is 24.5 Å². The highest BCUT2D eigenvalue weighted by atomic mass is 32.2. The van der Waals surface area contributed by atoms with E-state index >= 15 is 0 Å². The number of H-pyrrole nitrogens is 1. The Balaban J connectivity index is 2.33. The van der Waals surface area contributed by atoms with Gasteiger partial charge in [0.1, 0.15) is 11.5 Å². The van der Waals surface area contributed by atoms with Crippen molar-refractivity contribution in [3.05, 3.63) is 52.2 Å². The normalized spacial score (nSPS) is 11.1. The van der Waals surface area contributed by atoms with Crippen molar-refractivity contribution >= 4 is 21.6 Å². The van der Waals surface area contributed by atoms with Crippen molar-refractivity contribution in [2.45, 2.75) is 4.90 Å². The number of aromatic nitrogens is 2. The average molecular weight is 312 g/mol. The number of benzene rings is 1. The Kier molecular flexibility index (Phi) is 3.82. The number of amides is 1. The van der Waals surface area contributed by atoms with Gasteiger partial charge < -0.3 is 5.32 Å². The lowest BCUT2D eigenvalue weighted by molar-refractivity contribution is 0.102. The summed E-state index contributed by atoms with van der Waals surface area (Å²) in [4.78, 5) is 22.3. The number of halogens is 1. The zero-order valence-corrected chi connectivity index (χ0v) is 11.1. The van der Waals surface area contributed by atoms with E-state index < -0.39 is 27.3 Å². The molecule has 110 valence electrons. The lowest BCUT2D eigenvalue weighted by Crippen LogP contribution is -2.19. The summed E-state index contributed by atoms with van der Waals surface area (Å²) in [5.41, 5.74) is -1.05. The molecule has 2 aromatic rings. The van der Waals surface area contributed by atoms with Gasteiger partial charge in [-0.2, -0.15) is 5.10 Å². The number of nitrogens with two attached hydrogens (primary N) is 1. The molecule has 0 unspecified atom stereocenters. The molecular weight excluding hydrogens is 303 g/mol. The molecule has 0 saturated heterocycles. The summed E-state index contributed by atoms with van der Waals surface area (Å²) >= 11 is 0. The van der Waals surface area contributed by atoms with E-state index in [0.717, 1.165) is 30.3 Å². The van der Waals surface area contributed by atoms with Gasteiger partial charge in [-0.15, -0.1) is 0 Å². The molecule has 1 heterocycles. The van der Waals surface area contributed by atoms with Crippen LogP contribution in [0, 0.1) is 5.82 Å². The van der Waals surface area contributed by atoms with Gasteiger partial charge in [-0.1, -0.05) is 0 Å². The molecule has 0 saturated carbocycles. The van der Waals surface area contributed by atoms with Gasteiger partial charge in [0.25, 0.3) is 11.5 Å². The summed E-state index contributed by atoms with van der Waals surface area (Å²) in [6.07, 6.45) is 0. The van der Waals surface area contributed by atoms with Gasteiger partial charge in [0.05, 0.1) is 10.6 Å². The highest BCUT2D eigenvalue weighted by molar-refractivity contribution is 7.89. The van der Waals surface area contributed by atoms with Crippen LogP contribution in [-0.2, 0) is 10.0 Å². The molecule has 0 atom stereocenters. The lowest BCUT2D eigenvalue weighted by Gasteiger charge is -2.07. The number of nitrogens with zero attached hydrogens (tertiary/aromatic N) is 1. The molecule has 0 aliphatic carbocycles. The highest BCUT2D eigenvalue weighted by Gasteiger charge is 2.15. The smallest absolute Gasteiger partial charge is 0.276 e. The van der Waals surface area contributed by atoms with Crippen LogP contribution in [0.15, 0.2) is 40.0 Å². The molecule has 10 heteroatoms. The van der Waals surface area contributed by atoms with Crippen molar-refractivity contribution in [2.24, 2.45) is 5.14 Å². The van der Waals surface area contributed by atoms with Crippen molar-refractivity contribution in [3.63, 3.8) is 0 Å². The lowest BCUT2D eigenvalue weighted by atomic mass is 10.3. The van der Waals surface area contributed by atoms with Crippen molar-refractivity contribution in [1.82, 2.24) is 10.2 Å². The SMILES string of the molecule is NS(=O)(=O)c1ccc(F)c(NC(=O)c2ccc(=O)[nH]n2)c1. The first kappa shape index (κ1) is 14.8. The summed E-state index contributed by atoms with van der Waals surface area (Å²) in [7, 11) is -4.03. The van der Waals surface area contributed by atoms with E-state index in [2.05, 4.69) is 10.4 Å². The van der Waals surface area contributed by atoms with Gasteiger partial charge in [0.2, 0.25) is 10.0 Å². The maximum Gasteiger partial charge on any atom is 0.276 e. The highest BCUT2D eigenvalue weighted by Crippen LogP contribution is 2.19. The molecule has 0 aliphatic heterocycles. The standard InChI is InChI=1S/C11H9FN4O4S/c12-7-2-1-6(21(13,19)20)5-9(7)14-11(18)8-3-4-10(17)16-15-8/h1-5H,(H,14,18)(H,16,17)(H2,13,19,20). The summed E-state index contributed by atoms with van der Waals surface area (Å²) in [6.45, 7) is 0. The second-order valence-electron chi connectivity index (χ2n) is 3.95. The molecule has 21 heavy (non-hydrogen) atoms. The number of nitrogens with one attached hydrogen (secondary N) is 2. The number of sulfonamides is 1. The Morgan fingerprint density at radius 3 is 2.57 bits per heavy atom. The summed E-state index contributed by atoms with van der Waals surface area (Å²) in [5, 5.41) is 12.6. The third kappa shape index (κ3) is 3.49. The molecule has 8 nitrogen and oxygen atoms in total. The number of aromatic amines is 1. The Labute approximate surface area is 117 Å². The van der Waals surface area contributed by atoms with E-state index in [1.54, 1.807) is 0 Å². The fraction of sp³-hybridized carbons (Fsp3) is 0. The zero-order chi connectivity index (χ0) is 15.6. The van der Waals surface area contributed by atoms with Crippen LogP contribution in [0.25, 0.3) is 0 Å². The second-order valence-corrected chi connectivity index (χ2v) is 5.51. The Morgan fingerprint density at radius 2 is 2.00 bits per heavy atom. The van der Waals surface area contributed by atoms with Gasteiger partial charge in [-0.3, -0.25) is 9.59 Å². The number of anilines is 1. The van der Waals surface area contributed by atoms with Crippen LogP contribution in [0.1, 0.15) is 10.5 Å². The minimum Gasteiger partial charge on any atom is -0.318 e. The third-order valence-electron chi connectivity index (χ3n) is 2.43. The van der Waals surface area contributed by atoms with Gasteiger partial charge in [-0.25, -0.2) is 23.0 Å². The van der Waals surface area contributed by atoms with Crippen LogP contribution in [0.4, 0.5) is 10.1 Å². The van der Waals surface area contributed by atoms with Crippen LogP contribution in [0.3, 0.4) is 0 Å². The fourth-order valence-corrected chi connectivity index (χ4v) is 1.97. The predicted molar refractivity (Wildman–Crippen MR) is 70.6 cm³/mol. The molecule has 0 aliphatic rings. The number of primary sulfonamides is 1. The number of hydrogen-bond acceptors (Lipinski definition) is 5. The minimum atomic E-state index is -4.03. The van der Waals surface area contributed by atoms with E-state index in [-0.39, 0.29) is 16.3 Å².